The van der Waals surface area contributed by atoms with E-state index in [0.29, 0.717) is 18.4 Å². The summed E-state index contributed by atoms with van der Waals surface area (Å²) >= 11 is 2.82. The van der Waals surface area contributed by atoms with Crippen molar-refractivity contribution in [2.24, 2.45) is 0 Å². The molecule has 14 heteroatoms. The second kappa shape index (κ2) is 11.2. The van der Waals surface area contributed by atoms with E-state index < -0.39 is 32.7 Å². The topological polar surface area (TPSA) is 92.6 Å². The van der Waals surface area contributed by atoms with Gasteiger partial charge in [0.1, 0.15) is 5.75 Å². The Morgan fingerprint density at radius 3 is 2.47 bits per heavy atom. The molecule has 4 rings (SSSR count). The van der Waals surface area contributed by atoms with Gasteiger partial charge in [-0.15, -0.1) is 5.10 Å². The largest absolute Gasteiger partial charge is 0.424 e. The summed E-state index contributed by atoms with van der Waals surface area (Å²) in [7, 11) is -2.22. The van der Waals surface area contributed by atoms with E-state index in [4.69, 9.17) is 4.74 Å². The summed E-state index contributed by atoms with van der Waals surface area (Å²) in [5.41, 5.74) is -0.0634. The lowest BCUT2D eigenvalue weighted by Crippen LogP contribution is -2.44. The molecule has 0 saturated carbocycles. The van der Waals surface area contributed by atoms with Gasteiger partial charge in [-0.2, -0.15) is 13.2 Å². The van der Waals surface area contributed by atoms with E-state index in [1.807, 2.05) is 25.1 Å². The molecule has 0 bridgehead atoms. The molecule has 206 valence electrons. The van der Waals surface area contributed by atoms with Gasteiger partial charge in [0.25, 0.3) is 0 Å². The number of rotatable bonds is 8. The van der Waals surface area contributed by atoms with Gasteiger partial charge in [-0.25, -0.2) is 13.1 Å². The number of nitrogens with one attached hydrogen (secondary N) is 1. The molecule has 1 saturated heterocycles. The second-order valence-electron chi connectivity index (χ2n) is 8.96. The molecule has 1 N–H and O–H groups in total. The number of hydrogen-bond donors (Lipinski definition) is 1. The van der Waals surface area contributed by atoms with Crippen molar-refractivity contribution < 1.29 is 26.3 Å². The minimum Gasteiger partial charge on any atom is -0.424 e. The normalized spacial score (nSPS) is 16.0. The first-order chi connectivity index (χ1) is 17.9. The summed E-state index contributed by atoms with van der Waals surface area (Å²) in [4.78, 5) is 4.02. The molecular weight excluding hydrogens is 589 g/mol. The van der Waals surface area contributed by atoms with Crippen molar-refractivity contribution >= 4 is 31.6 Å². The maximum Gasteiger partial charge on any atom is 0.417 e. The van der Waals surface area contributed by atoms with Crippen LogP contribution in [-0.4, -0.2) is 61.3 Å². The average Bonchev–Trinajstić information content (AvgIpc) is 3.26. The van der Waals surface area contributed by atoms with Crippen LogP contribution in [0.2, 0.25) is 0 Å². The van der Waals surface area contributed by atoms with Crippen LogP contribution in [0.15, 0.2) is 51.8 Å². The van der Waals surface area contributed by atoms with E-state index in [2.05, 4.69) is 47.7 Å². The van der Waals surface area contributed by atoms with Gasteiger partial charge in [0.15, 0.2) is 5.82 Å². The zero-order chi connectivity index (χ0) is 27.7. The predicted octanol–water partition coefficient (Wildman–Crippen LogP) is 4.66. The van der Waals surface area contributed by atoms with Crippen LogP contribution >= 0.6 is 15.9 Å². The Morgan fingerprint density at radius 1 is 1.11 bits per heavy atom. The third-order valence-electron chi connectivity index (χ3n) is 6.23. The van der Waals surface area contributed by atoms with Gasteiger partial charge < -0.3 is 14.5 Å². The first-order valence-corrected chi connectivity index (χ1v) is 14.2. The highest BCUT2D eigenvalue weighted by Crippen LogP contribution is 2.36. The zero-order valence-electron chi connectivity index (χ0n) is 21.0. The van der Waals surface area contributed by atoms with Crippen molar-refractivity contribution in [1.82, 2.24) is 24.4 Å². The highest BCUT2D eigenvalue weighted by Gasteiger charge is 2.35. The number of aromatic nitrogens is 3. The number of halogens is 4. The highest BCUT2D eigenvalue weighted by atomic mass is 79.9. The minimum atomic E-state index is -4.72. The Labute approximate surface area is 227 Å². The smallest absolute Gasteiger partial charge is 0.417 e. The van der Waals surface area contributed by atoms with Crippen molar-refractivity contribution in [3.63, 3.8) is 0 Å². The quantitative estimate of drug-likeness (QED) is 0.393. The van der Waals surface area contributed by atoms with Crippen molar-refractivity contribution in [2.45, 2.75) is 37.5 Å². The Bertz CT molecular complexity index is 1390. The number of ether oxygens (including phenoxy) is 1. The predicted molar refractivity (Wildman–Crippen MR) is 140 cm³/mol. The Kier molecular flexibility index (Phi) is 8.35. The fourth-order valence-corrected chi connectivity index (χ4v) is 5.85. The van der Waals surface area contributed by atoms with Crippen molar-refractivity contribution in [1.29, 1.82) is 0 Å². The first-order valence-electron chi connectivity index (χ1n) is 11.9. The van der Waals surface area contributed by atoms with E-state index >= 15 is 0 Å². The van der Waals surface area contributed by atoms with Gasteiger partial charge in [0.2, 0.25) is 10.0 Å². The zero-order valence-corrected chi connectivity index (χ0v) is 23.4. The lowest BCUT2D eigenvalue weighted by atomic mass is 10.2. The highest BCUT2D eigenvalue weighted by molar-refractivity contribution is 9.10. The summed E-state index contributed by atoms with van der Waals surface area (Å²) in [6.07, 6.45) is -4.72. The van der Waals surface area contributed by atoms with Crippen LogP contribution in [0.4, 0.5) is 18.9 Å². The Morgan fingerprint density at radius 2 is 1.82 bits per heavy atom. The van der Waals surface area contributed by atoms with Crippen molar-refractivity contribution in [2.75, 3.05) is 38.1 Å². The van der Waals surface area contributed by atoms with Crippen LogP contribution < -0.4 is 14.4 Å². The molecule has 9 nitrogen and oxygen atoms in total. The molecule has 1 atom stereocenters. The fourth-order valence-electron chi connectivity index (χ4n) is 4.15. The van der Waals surface area contributed by atoms with Gasteiger partial charge >= 0.3 is 12.2 Å². The lowest BCUT2D eigenvalue weighted by molar-refractivity contribution is -0.138. The van der Waals surface area contributed by atoms with Crippen LogP contribution in [0, 0.1) is 0 Å². The van der Waals surface area contributed by atoms with Crippen molar-refractivity contribution in [3.8, 4) is 11.8 Å². The van der Waals surface area contributed by atoms with Crippen LogP contribution in [-0.2, 0) is 22.7 Å². The summed E-state index contributed by atoms with van der Waals surface area (Å²) < 4.78 is 75.5. The molecule has 2 heterocycles. The van der Waals surface area contributed by atoms with E-state index in [0.717, 1.165) is 44.0 Å². The van der Waals surface area contributed by atoms with Gasteiger partial charge in [0.05, 0.1) is 16.5 Å². The standard InChI is InChI=1S/C24H28BrF3N6O3S/c1-4-34-22(16(2)31-38(35,36)19-8-9-21(25)20(15-19)24(26,27)28)29-30-23(34)37-18-7-5-6-17(14-18)33-12-10-32(3)11-13-33/h5-9,14-16,31H,4,10-13H2,1-3H3/t16-/m1/s1. The first kappa shape index (κ1) is 28.3. The van der Waals surface area contributed by atoms with E-state index in [-0.39, 0.29) is 16.3 Å². The van der Waals surface area contributed by atoms with E-state index in [1.54, 1.807) is 10.6 Å². The molecule has 0 amide bonds. The van der Waals surface area contributed by atoms with Gasteiger partial charge in [-0.1, -0.05) is 27.1 Å². The monoisotopic (exact) mass is 616 g/mol. The third-order valence-corrected chi connectivity index (χ3v) is 8.46. The minimum absolute atomic E-state index is 0.173. The molecule has 1 aromatic heterocycles. The number of alkyl halides is 3. The maximum absolute atomic E-state index is 13.3. The summed E-state index contributed by atoms with van der Waals surface area (Å²) in [5.74, 6) is 0.812. The number of sulfonamides is 1. The average molecular weight is 617 g/mol. The van der Waals surface area contributed by atoms with Crippen LogP contribution in [0.5, 0.6) is 11.8 Å². The second-order valence-corrected chi connectivity index (χ2v) is 11.5. The third kappa shape index (κ3) is 6.30. The van der Waals surface area contributed by atoms with E-state index in [1.165, 1.54) is 6.92 Å². The molecule has 1 aliphatic rings. The maximum atomic E-state index is 13.3. The number of nitrogens with zero attached hydrogens (tertiary/aromatic N) is 5. The Hall–Kier alpha value is -2.68. The van der Waals surface area contributed by atoms with Crippen LogP contribution in [0.3, 0.4) is 0 Å². The van der Waals surface area contributed by atoms with Crippen molar-refractivity contribution in [3.05, 3.63) is 58.3 Å². The lowest BCUT2D eigenvalue weighted by Gasteiger charge is -2.34. The van der Waals surface area contributed by atoms with E-state index in [9.17, 15) is 21.6 Å². The number of benzene rings is 2. The summed E-state index contributed by atoms with van der Waals surface area (Å²) in [6.45, 7) is 7.46. The number of hydrogen-bond acceptors (Lipinski definition) is 7. The summed E-state index contributed by atoms with van der Waals surface area (Å²) in [6, 6.07) is 9.62. The fraction of sp³-hybridized carbons (Fsp3) is 0.417. The number of piperazine rings is 1. The summed E-state index contributed by atoms with van der Waals surface area (Å²) in [5, 5.41) is 8.21. The Balaban J connectivity index is 1.53. The van der Waals surface area contributed by atoms with Gasteiger partial charge in [-0.3, -0.25) is 4.57 Å². The molecule has 3 aromatic rings. The number of anilines is 1. The molecule has 0 spiro atoms. The number of likely N-dealkylation sites (N-methyl/N-ethyl adjacent to an activating group) is 1. The molecule has 2 aromatic carbocycles. The molecule has 0 unspecified atom stereocenters. The molecule has 0 aliphatic carbocycles. The van der Waals surface area contributed by atoms with Crippen LogP contribution in [0.1, 0.15) is 31.3 Å². The molecule has 0 radical (unpaired) electrons. The van der Waals surface area contributed by atoms with Crippen LogP contribution in [0.25, 0.3) is 0 Å². The molecular formula is C24H28BrF3N6O3S. The molecule has 1 aliphatic heterocycles. The molecule has 1 fully saturated rings. The SMILES string of the molecule is CCn1c(Oc2cccc(N3CCN(C)CC3)c2)nnc1[C@@H](C)NS(=O)(=O)c1ccc(Br)c(C(F)(F)F)c1. The van der Waals surface area contributed by atoms with Gasteiger partial charge in [0, 0.05) is 49.0 Å². The molecule has 38 heavy (non-hydrogen) atoms. The van der Waals surface area contributed by atoms with Gasteiger partial charge in [-0.05, 0) is 51.2 Å².